The number of ether oxygens (including phenoxy) is 2. The van der Waals surface area contributed by atoms with E-state index in [1.54, 1.807) is 48.5 Å². The summed E-state index contributed by atoms with van der Waals surface area (Å²) in [5.41, 5.74) is 0.786. The zero-order chi connectivity index (χ0) is 22.9. The molecule has 0 spiro atoms. The van der Waals surface area contributed by atoms with Crippen LogP contribution in [0.5, 0.6) is 11.5 Å². The Morgan fingerprint density at radius 3 is 2.79 bits per heavy atom. The van der Waals surface area contributed by atoms with E-state index in [-0.39, 0.29) is 30.4 Å². The van der Waals surface area contributed by atoms with Crippen molar-refractivity contribution < 1.29 is 23.9 Å². The molecule has 9 nitrogen and oxygen atoms in total. The second-order valence-electron chi connectivity index (χ2n) is 7.30. The van der Waals surface area contributed by atoms with Gasteiger partial charge >= 0.3 is 0 Å². The van der Waals surface area contributed by atoms with Gasteiger partial charge in [0.1, 0.15) is 5.56 Å². The lowest BCUT2D eigenvalue weighted by atomic mass is 10.1. The molecule has 2 aromatic carbocycles. The third kappa shape index (κ3) is 4.08. The molecule has 166 valence electrons. The third-order valence-electron chi connectivity index (χ3n) is 5.19. The Bertz CT molecular complexity index is 1400. The molecule has 33 heavy (non-hydrogen) atoms. The predicted octanol–water partition coefficient (Wildman–Crippen LogP) is 2.72. The standard InChI is InChI=1S/C23H17N3O6S/c27-20(15-11-14-3-1-2-4-16(14)25-21(15)28)24-7-8-26-22(29)19(33-23(26)30)10-13-5-6-17-18(9-13)32-12-31-17/h1-6,9-11H,7-8,12H2,(H,24,27)(H,25,28)/b19-10-. The van der Waals surface area contributed by atoms with Crippen molar-refractivity contribution in [1.29, 1.82) is 0 Å². The second kappa shape index (κ2) is 8.47. The van der Waals surface area contributed by atoms with Crippen molar-refractivity contribution in [2.75, 3.05) is 19.9 Å². The van der Waals surface area contributed by atoms with E-state index in [9.17, 15) is 19.2 Å². The van der Waals surface area contributed by atoms with Crippen molar-refractivity contribution in [3.63, 3.8) is 0 Å². The smallest absolute Gasteiger partial charge is 0.293 e. The van der Waals surface area contributed by atoms with Crippen LogP contribution in [0.4, 0.5) is 4.79 Å². The number of hydrogen-bond donors (Lipinski definition) is 2. The number of carbonyl (C=O) groups is 3. The molecule has 0 aliphatic carbocycles. The largest absolute Gasteiger partial charge is 0.454 e. The highest BCUT2D eigenvalue weighted by molar-refractivity contribution is 8.18. The maximum Gasteiger partial charge on any atom is 0.293 e. The van der Waals surface area contributed by atoms with Crippen LogP contribution in [0.2, 0.25) is 0 Å². The van der Waals surface area contributed by atoms with Crippen molar-refractivity contribution >= 4 is 45.8 Å². The number of benzene rings is 2. The number of hydrogen-bond acceptors (Lipinski definition) is 7. The summed E-state index contributed by atoms with van der Waals surface area (Å²) in [7, 11) is 0. The van der Waals surface area contributed by atoms with Crippen molar-refractivity contribution in [2.24, 2.45) is 0 Å². The first-order chi connectivity index (χ1) is 16.0. The first-order valence-corrected chi connectivity index (χ1v) is 10.9. The maximum absolute atomic E-state index is 12.7. The summed E-state index contributed by atoms with van der Waals surface area (Å²) in [4.78, 5) is 53.7. The van der Waals surface area contributed by atoms with E-state index in [0.717, 1.165) is 22.0 Å². The highest BCUT2D eigenvalue weighted by Crippen LogP contribution is 2.36. The zero-order valence-electron chi connectivity index (χ0n) is 17.1. The van der Waals surface area contributed by atoms with Gasteiger partial charge in [-0.05, 0) is 53.1 Å². The van der Waals surface area contributed by atoms with Crippen molar-refractivity contribution in [2.45, 2.75) is 0 Å². The van der Waals surface area contributed by atoms with Gasteiger partial charge in [-0.3, -0.25) is 24.1 Å². The minimum atomic E-state index is -0.579. The number of imide groups is 1. The highest BCUT2D eigenvalue weighted by Gasteiger charge is 2.34. The minimum absolute atomic E-state index is 0.0135. The van der Waals surface area contributed by atoms with Gasteiger partial charge in [-0.1, -0.05) is 24.3 Å². The Morgan fingerprint density at radius 1 is 1.09 bits per heavy atom. The van der Waals surface area contributed by atoms with Crippen LogP contribution in [0, 0.1) is 0 Å². The normalized spacial score (nSPS) is 16.1. The van der Waals surface area contributed by atoms with Gasteiger partial charge in [0.15, 0.2) is 11.5 Å². The fraction of sp³-hybridized carbons (Fsp3) is 0.130. The molecule has 0 atom stereocenters. The monoisotopic (exact) mass is 463 g/mol. The SMILES string of the molecule is O=C(NCCN1C(=O)S/C(=C\c2ccc3c(c2)OCO3)C1=O)c1cc2ccccc2[nH]c1=O. The topological polar surface area (TPSA) is 118 Å². The van der Waals surface area contributed by atoms with Gasteiger partial charge in [0.05, 0.1) is 4.91 Å². The lowest BCUT2D eigenvalue weighted by Crippen LogP contribution is -2.38. The summed E-state index contributed by atoms with van der Waals surface area (Å²) in [6.45, 7) is 0.146. The van der Waals surface area contributed by atoms with E-state index in [0.29, 0.717) is 22.6 Å². The molecular weight excluding hydrogens is 446 g/mol. The van der Waals surface area contributed by atoms with E-state index in [1.165, 1.54) is 6.07 Å². The Hall–Kier alpha value is -4.05. The van der Waals surface area contributed by atoms with Gasteiger partial charge < -0.3 is 19.8 Å². The predicted molar refractivity (Wildman–Crippen MR) is 122 cm³/mol. The quantitative estimate of drug-likeness (QED) is 0.559. The van der Waals surface area contributed by atoms with Crippen LogP contribution >= 0.6 is 11.8 Å². The van der Waals surface area contributed by atoms with Crippen LogP contribution < -0.4 is 20.3 Å². The number of nitrogens with zero attached hydrogens (tertiary/aromatic N) is 1. The number of H-pyrrole nitrogens is 1. The molecule has 2 N–H and O–H groups in total. The first kappa shape index (κ1) is 20.8. The Balaban J connectivity index is 1.23. The van der Waals surface area contributed by atoms with Gasteiger partial charge in [-0.2, -0.15) is 0 Å². The average molecular weight is 463 g/mol. The van der Waals surface area contributed by atoms with Crippen LogP contribution in [-0.4, -0.2) is 46.8 Å². The Kier molecular flexibility index (Phi) is 5.35. The van der Waals surface area contributed by atoms with Gasteiger partial charge in [0.25, 0.3) is 22.6 Å². The van der Waals surface area contributed by atoms with E-state index in [4.69, 9.17) is 9.47 Å². The van der Waals surface area contributed by atoms with Gasteiger partial charge in [0, 0.05) is 18.6 Å². The first-order valence-electron chi connectivity index (χ1n) is 10.0. The van der Waals surface area contributed by atoms with E-state index >= 15 is 0 Å². The number of para-hydroxylation sites is 1. The van der Waals surface area contributed by atoms with Crippen LogP contribution in [0.15, 0.2) is 58.2 Å². The lowest BCUT2D eigenvalue weighted by Gasteiger charge is -2.13. The average Bonchev–Trinajstić information content (AvgIpc) is 3.37. The fourth-order valence-electron chi connectivity index (χ4n) is 3.54. The molecule has 3 aromatic rings. The number of rotatable bonds is 5. The van der Waals surface area contributed by atoms with Gasteiger partial charge in [-0.15, -0.1) is 0 Å². The van der Waals surface area contributed by atoms with E-state index in [1.807, 2.05) is 0 Å². The summed E-state index contributed by atoms with van der Waals surface area (Å²) in [5.74, 6) is 0.181. The molecule has 1 saturated heterocycles. The van der Waals surface area contributed by atoms with Crippen LogP contribution in [0.1, 0.15) is 15.9 Å². The summed E-state index contributed by atoms with van der Waals surface area (Å²) >= 11 is 0.828. The fourth-order valence-corrected chi connectivity index (χ4v) is 4.40. The van der Waals surface area contributed by atoms with Crippen molar-refractivity contribution in [3.05, 3.63) is 74.9 Å². The number of aromatic amines is 1. The molecule has 10 heteroatoms. The zero-order valence-corrected chi connectivity index (χ0v) is 17.9. The number of pyridine rings is 1. The molecule has 1 aromatic heterocycles. The molecular formula is C23H17N3O6S. The molecule has 1 fully saturated rings. The van der Waals surface area contributed by atoms with Gasteiger partial charge in [-0.25, -0.2) is 0 Å². The number of amides is 3. The molecule has 3 heterocycles. The second-order valence-corrected chi connectivity index (χ2v) is 8.29. The molecule has 3 amide bonds. The van der Waals surface area contributed by atoms with Crippen LogP contribution in [0.25, 0.3) is 17.0 Å². The molecule has 2 aliphatic heterocycles. The van der Waals surface area contributed by atoms with Crippen LogP contribution in [-0.2, 0) is 4.79 Å². The van der Waals surface area contributed by atoms with Crippen molar-refractivity contribution in [1.82, 2.24) is 15.2 Å². The summed E-state index contributed by atoms with van der Waals surface area (Å²) < 4.78 is 10.6. The van der Waals surface area contributed by atoms with E-state index < -0.39 is 22.6 Å². The molecule has 2 aliphatic rings. The summed E-state index contributed by atoms with van der Waals surface area (Å²) in [6.07, 6.45) is 1.61. The Morgan fingerprint density at radius 2 is 1.91 bits per heavy atom. The lowest BCUT2D eigenvalue weighted by molar-refractivity contribution is -0.122. The number of carbonyl (C=O) groups excluding carboxylic acids is 3. The molecule has 5 rings (SSSR count). The number of aromatic nitrogens is 1. The molecule has 0 radical (unpaired) electrons. The van der Waals surface area contributed by atoms with Crippen LogP contribution in [0.3, 0.4) is 0 Å². The Labute approximate surface area is 191 Å². The third-order valence-corrected chi connectivity index (χ3v) is 6.09. The van der Waals surface area contributed by atoms with Crippen molar-refractivity contribution in [3.8, 4) is 11.5 Å². The number of thioether (sulfide) groups is 1. The maximum atomic E-state index is 12.7. The molecule has 0 bridgehead atoms. The highest BCUT2D eigenvalue weighted by atomic mass is 32.2. The molecule has 0 unspecified atom stereocenters. The summed E-state index contributed by atoms with van der Waals surface area (Å²) in [6, 6.07) is 13.9. The number of nitrogens with one attached hydrogen (secondary N) is 2. The number of fused-ring (bicyclic) bond motifs is 2. The summed E-state index contributed by atoms with van der Waals surface area (Å²) in [5, 5.41) is 2.90. The van der Waals surface area contributed by atoms with Gasteiger partial charge in [0.2, 0.25) is 6.79 Å². The van der Waals surface area contributed by atoms with E-state index in [2.05, 4.69) is 10.3 Å². The molecule has 0 saturated carbocycles. The minimum Gasteiger partial charge on any atom is -0.454 e.